The van der Waals surface area contributed by atoms with Gasteiger partial charge < -0.3 is 9.47 Å². The third-order valence-corrected chi connectivity index (χ3v) is 5.88. The van der Waals surface area contributed by atoms with E-state index >= 15 is 0 Å². The van der Waals surface area contributed by atoms with Gasteiger partial charge in [0.15, 0.2) is 11.5 Å². The molecule has 0 amide bonds. The summed E-state index contributed by atoms with van der Waals surface area (Å²) in [5.41, 5.74) is 1.45. The largest absolute Gasteiger partial charge is 0.493 e. The standard InChI is InChI=1S/C16H23BrO2/c1-5-16(6-2)14(17)10-15(16)19-12-8-7-11(3)9-13(12)18-4/h7-9,14-15H,5-6,10H2,1-4H3. The minimum Gasteiger partial charge on any atom is -0.493 e. The van der Waals surface area contributed by atoms with Gasteiger partial charge in [-0.25, -0.2) is 0 Å². The van der Waals surface area contributed by atoms with Crippen LogP contribution < -0.4 is 9.47 Å². The van der Waals surface area contributed by atoms with Gasteiger partial charge >= 0.3 is 0 Å². The van der Waals surface area contributed by atoms with Crippen LogP contribution in [0, 0.1) is 12.3 Å². The summed E-state index contributed by atoms with van der Waals surface area (Å²) in [6, 6.07) is 6.12. The fourth-order valence-electron chi connectivity index (χ4n) is 3.04. The monoisotopic (exact) mass is 326 g/mol. The number of hydrogen-bond donors (Lipinski definition) is 0. The lowest BCUT2D eigenvalue weighted by atomic mass is 9.62. The number of rotatable bonds is 5. The predicted molar refractivity (Wildman–Crippen MR) is 82.5 cm³/mol. The molecular formula is C16H23BrO2. The van der Waals surface area contributed by atoms with Crippen molar-refractivity contribution in [1.29, 1.82) is 0 Å². The van der Waals surface area contributed by atoms with Crippen molar-refractivity contribution in [3.05, 3.63) is 23.8 Å². The van der Waals surface area contributed by atoms with Gasteiger partial charge in [0, 0.05) is 10.2 Å². The lowest BCUT2D eigenvalue weighted by Crippen LogP contribution is -2.56. The van der Waals surface area contributed by atoms with Crippen LogP contribution in [0.1, 0.15) is 38.7 Å². The Balaban J connectivity index is 2.18. The Kier molecular flexibility index (Phi) is 4.44. The minimum absolute atomic E-state index is 0.260. The predicted octanol–water partition coefficient (Wildman–Crippen LogP) is 4.72. The van der Waals surface area contributed by atoms with Crippen LogP contribution in [0.15, 0.2) is 18.2 Å². The van der Waals surface area contributed by atoms with Crippen molar-refractivity contribution in [3.8, 4) is 11.5 Å². The highest BCUT2D eigenvalue weighted by atomic mass is 79.9. The number of hydrogen-bond acceptors (Lipinski definition) is 2. The van der Waals surface area contributed by atoms with Crippen LogP contribution in [-0.4, -0.2) is 18.0 Å². The van der Waals surface area contributed by atoms with E-state index in [4.69, 9.17) is 9.47 Å². The van der Waals surface area contributed by atoms with E-state index in [0.717, 1.165) is 30.8 Å². The highest BCUT2D eigenvalue weighted by molar-refractivity contribution is 9.09. The fraction of sp³-hybridized carbons (Fsp3) is 0.625. The highest BCUT2D eigenvalue weighted by Gasteiger charge is 2.53. The Labute approximate surface area is 124 Å². The molecule has 2 atom stereocenters. The summed E-state index contributed by atoms with van der Waals surface area (Å²) in [5, 5.41) is 0. The average molecular weight is 327 g/mol. The first-order valence-electron chi connectivity index (χ1n) is 7.02. The average Bonchev–Trinajstić information content (AvgIpc) is 2.41. The molecule has 0 saturated heterocycles. The number of alkyl halides is 1. The lowest BCUT2D eigenvalue weighted by Gasteiger charge is -2.52. The molecule has 2 unspecified atom stereocenters. The maximum atomic E-state index is 6.24. The first-order chi connectivity index (χ1) is 9.07. The summed E-state index contributed by atoms with van der Waals surface area (Å²) in [5.74, 6) is 1.70. The third kappa shape index (κ3) is 2.49. The van der Waals surface area contributed by atoms with Crippen molar-refractivity contribution in [2.24, 2.45) is 5.41 Å². The van der Waals surface area contributed by atoms with E-state index in [9.17, 15) is 0 Å². The number of benzene rings is 1. The SMILES string of the molecule is CCC1(CC)C(Br)CC1Oc1ccc(C)cc1OC. The van der Waals surface area contributed by atoms with Gasteiger partial charge in [-0.15, -0.1) is 0 Å². The summed E-state index contributed by atoms with van der Waals surface area (Å²) in [7, 11) is 1.70. The molecule has 1 saturated carbocycles. The second kappa shape index (κ2) is 5.74. The van der Waals surface area contributed by atoms with E-state index in [2.05, 4.69) is 42.8 Å². The maximum absolute atomic E-state index is 6.24. The van der Waals surface area contributed by atoms with Crippen LogP contribution in [0.3, 0.4) is 0 Å². The van der Waals surface area contributed by atoms with Crippen LogP contribution in [-0.2, 0) is 0 Å². The van der Waals surface area contributed by atoms with Gasteiger partial charge in [0.1, 0.15) is 6.10 Å². The first kappa shape index (κ1) is 14.7. The summed E-state index contributed by atoms with van der Waals surface area (Å²) in [6.07, 6.45) is 3.62. The quantitative estimate of drug-likeness (QED) is 0.728. The van der Waals surface area contributed by atoms with Gasteiger partial charge in [-0.3, -0.25) is 0 Å². The summed E-state index contributed by atoms with van der Waals surface area (Å²) in [6.45, 7) is 6.56. The topological polar surface area (TPSA) is 18.5 Å². The zero-order chi connectivity index (χ0) is 14.0. The lowest BCUT2D eigenvalue weighted by molar-refractivity contribution is -0.0422. The van der Waals surface area contributed by atoms with Crippen molar-refractivity contribution < 1.29 is 9.47 Å². The Bertz CT molecular complexity index is 440. The summed E-state index contributed by atoms with van der Waals surface area (Å²) in [4.78, 5) is 0.566. The third-order valence-electron chi connectivity index (χ3n) is 4.59. The number of ether oxygens (including phenoxy) is 2. The van der Waals surface area contributed by atoms with Crippen LogP contribution in [0.5, 0.6) is 11.5 Å². The number of halogens is 1. The van der Waals surface area contributed by atoms with E-state index < -0.39 is 0 Å². The van der Waals surface area contributed by atoms with Crippen LogP contribution >= 0.6 is 15.9 Å². The van der Waals surface area contributed by atoms with Crippen LogP contribution in [0.25, 0.3) is 0 Å². The summed E-state index contributed by atoms with van der Waals surface area (Å²) < 4.78 is 11.7. The second-order valence-corrected chi connectivity index (χ2v) is 6.51. The molecule has 3 heteroatoms. The summed E-state index contributed by atoms with van der Waals surface area (Å²) >= 11 is 3.79. The molecule has 1 aliphatic carbocycles. The number of methoxy groups -OCH3 is 1. The van der Waals surface area contributed by atoms with Gasteiger partial charge in [0.05, 0.1) is 7.11 Å². The zero-order valence-corrected chi connectivity index (χ0v) is 13.8. The molecule has 106 valence electrons. The molecule has 2 rings (SSSR count). The van der Waals surface area contributed by atoms with Gasteiger partial charge in [-0.2, -0.15) is 0 Å². The van der Waals surface area contributed by atoms with E-state index in [1.165, 1.54) is 5.56 Å². The van der Waals surface area contributed by atoms with E-state index in [0.29, 0.717) is 4.83 Å². The van der Waals surface area contributed by atoms with Crippen molar-refractivity contribution in [1.82, 2.24) is 0 Å². The Hall–Kier alpha value is -0.700. The van der Waals surface area contributed by atoms with Gasteiger partial charge in [0.25, 0.3) is 0 Å². The molecule has 0 radical (unpaired) electrons. The van der Waals surface area contributed by atoms with Gasteiger partial charge in [-0.05, 0) is 43.9 Å². The molecule has 0 bridgehead atoms. The second-order valence-electron chi connectivity index (χ2n) is 5.40. The van der Waals surface area contributed by atoms with Gasteiger partial charge in [0.2, 0.25) is 0 Å². The smallest absolute Gasteiger partial charge is 0.161 e. The molecule has 19 heavy (non-hydrogen) atoms. The molecular weight excluding hydrogens is 304 g/mol. The van der Waals surface area contributed by atoms with Crippen molar-refractivity contribution >= 4 is 15.9 Å². The Morgan fingerprint density at radius 2 is 1.95 bits per heavy atom. The molecule has 1 aromatic rings. The molecule has 1 aromatic carbocycles. The van der Waals surface area contributed by atoms with Crippen molar-refractivity contribution in [2.45, 2.75) is 51.0 Å². The van der Waals surface area contributed by atoms with Gasteiger partial charge in [-0.1, -0.05) is 35.8 Å². The van der Waals surface area contributed by atoms with Crippen LogP contribution in [0.4, 0.5) is 0 Å². The van der Waals surface area contributed by atoms with E-state index in [1.807, 2.05) is 12.1 Å². The Morgan fingerprint density at radius 3 is 2.47 bits per heavy atom. The van der Waals surface area contributed by atoms with E-state index in [1.54, 1.807) is 7.11 Å². The molecule has 0 aromatic heterocycles. The first-order valence-corrected chi connectivity index (χ1v) is 7.94. The van der Waals surface area contributed by atoms with Crippen molar-refractivity contribution in [2.75, 3.05) is 7.11 Å². The molecule has 0 heterocycles. The maximum Gasteiger partial charge on any atom is 0.161 e. The molecule has 0 N–H and O–H groups in total. The Morgan fingerprint density at radius 1 is 1.26 bits per heavy atom. The molecule has 1 fully saturated rings. The molecule has 1 aliphatic rings. The minimum atomic E-state index is 0.260. The molecule has 0 spiro atoms. The normalized spacial score (nSPS) is 24.7. The van der Waals surface area contributed by atoms with Crippen LogP contribution in [0.2, 0.25) is 0 Å². The zero-order valence-electron chi connectivity index (χ0n) is 12.2. The molecule has 0 aliphatic heterocycles. The molecule has 2 nitrogen and oxygen atoms in total. The number of aryl methyl sites for hydroxylation is 1. The van der Waals surface area contributed by atoms with E-state index in [-0.39, 0.29) is 11.5 Å². The highest BCUT2D eigenvalue weighted by Crippen LogP contribution is 2.53. The van der Waals surface area contributed by atoms with Crippen molar-refractivity contribution in [3.63, 3.8) is 0 Å². The fourth-order valence-corrected chi connectivity index (χ4v) is 4.32.